The smallest absolute Gasteiger partial charge is 0.150 e. The summed E-state index contributed by atoms with van der Waals surface area (Å²) in [6.45, 7) is 0. The van der Waals surface area contributed by atoms with Crippen LogP contribution in [0.1, 0.15) is 12.8 Å². The van der Waals surface area contributed by atoms with Crippen molar-refractivity contribution in [1.29, 1.82) is 0 Å². The number of rotatable bonds is 3. The number of thioether (sulfide) groups is 1. The van der Waals surface area contributed by atoms with E-state index in [2.05, 4.69) is 15.4 Å². The topological polar surface area (TPSA) is 75.7 Å². The maximum Gasteiger partial charge on any atom is 0.150 e. The average molecular weight is 247 g/mol. The first-order chi connectivity index (χ1) is 7.16. The number of nitrogens with one attached hydrogen (secondary N) is 1. The Kier molecular flexibility index (Phi) is 3.30. The van der Waals surface area contributed by atoms with Crippen LogP contribution in [0.2, 0.25) is 0 Å². The highest BCUT2D eigenvalue weighted by Gasteiger charge is 2.24. The Labute approximate surface area is 92.9 Å². The lowest BCUT2D eigenvalue weighted by atomic mass is 10.1. The second-order valence-corrected chi connectivity index (χ2v) is 7.01. The molecule has 1 saturated heterocycles. The standard InChI is InChI=1S/C8H13N3O2S2/c12-15(13)3-1-2-7(6-15)5-14-8-4-9-11-10-8/h4,7H,1-3,5-6H2,(H,9,10,11). The van der Waals surface area contributed by atoms with Gasteiger partial charge in [0.05, 0.1) is 17.7 Å². The molecule has 0 amide bonds. The summed E-state index contributed by atoms with van der Waals surface area (Å²) in [5.41, 5.74) is 0. The summed E-state index contributed by atoms with van der Waals surface area (Å²) >= 11 is 1.57. The minimum absolute atomic E-state index is 0.269. The molecule has 1 fully saturated rings. The van der Waals surface area contributed by atoms with E-state index in [9.17, 15) is 8.42 Å². The minimum Gasteiger partial charge on any atom is -0.229 e. The molecule has 0 aliphatic carbocycles. The van der Waals surface area contributed by atoms with E-state index in [-0.39, 0.29) is 5.92 Å². The van der Waals surface area contributed by atoms with Crippen molar-refractivity contribution in [3.8, 4) is 0 Å². The molecule has 1 aromatic heterocycles. The zero-order valence-electron chi connectivity index (χ0n) is 8.22. The predicted octanol–water partition coefficient (Wildman–Crippen LogP) is 0.722. The molecule has 1 N–H and O–H groups in total. The molecule has 1 aromatic rings. The molecule has 5 nitrogen and oxygen atoms in total. The Morgan fingerprint density at radius 2 is 2.47 bits per heavy atom. The van der Waals surface area contributed by atoms with Gasteiger partial charge in [-0.15, -0.1) is 16.9 Å². The monoisotopic (exact) mass is 247 g/mol. The molecule has 1 aliphatic heterocycles. The van der Waals surface area contributed by atoms with Crippen LogP contribution in [0.15, 0.2) is 11.2 Å². The van der Waals surface area contributed by atoms with Crippen molar-refractivity contribution in [3.05, 3.63) is 6.20 Å². The largest absolute Gasteiger partial charge is 0.229 e. The van der Waals surface area contributed by atoms with Gasteiger partial charge in [-0.25, -0.2) is 8.42 Å². The van der Waals surface area contributed by atoms with Gasteiger partial charge in [-0.1, -0.05) is 0 Å². The first-order valence-corrected chi connectivity index (χ1v) is 7.65. The lowest BCUT2D eigenvalue weighted by Gasteiger charge is -2.20. The molecule has 1 unspecified atom stereocenters. The molecule has 84 valence electrons. The van der Waals surface area contributed by atoms with Gasteiger partial charge in [0.2, 0.25) is 0 Å². The number of sulfone groups is 1. The Balaban J connectivity index is 1.85. The van der Waals surface area contributed by atoms with E-state index in [0.717, 1.165) is 23.6 Å². The second kappa shape index (κ2) is 4.52. The van der Waals surface area contributed by atoms with Gasteiger partial charge in [0.25, 0.3) is 0 Å². The minimum atomic E-state index is -2.78. The van der Waals surface area contributed by atoms with Crippen molar-refractivity contribution in [3.63, 3.8) is 0 Å². The summed E-state index contributed by atoms with van der Waals surface area (Å²) in [5.74, 6) is 1.77. The first-order valence-electron chi connectivity index (χ1n) is 4.85. The number of H-pyrrole nitrogens is 1. The van der Waals surface area contributed by atoms with E-state index in [1.807, 2.05) is 0 Å². The van der Waals surface area contributed by atoms with E-state index in [1.165, 1.54) is 0 Å². The van der Waals surface area contributed by atoms with Gasteiger partial charge < -0.3 is 0 Å². The van der Waals surface area contributed by atoms with Crippen molar-refractivity contribution in [2.75, 3.05) is 17.3 Å². The van der Waals surface area contributed by atoms with Crippen LogP contribution in [0, 0.1) is 5.92 Å². The molecule has 0 aromatic carbocycles. The lowest BCUT2D eigenvalue weighted by Crippen LogP contribution is -2.26. The van der Waals surface area contributed by atoms with E-state index in [4.69, 9.17) is 0 Å². The zero-order valence-corrected chi connectivity index (χ0v) is 9.85. The fourth-order valence-electron chi connectivity index (χ4n) is 1.71. The molecule has 1 atom stereocenters. The molecule has 0 bridgehead atoms. The van der Waals surface area contributed by atoms with Crippen LogP contribution in [-0.2, 0) is 9.84 Å². The summed E-state index contributed by atoms with van der Waals surface area (Å²) in [6.07, 6.45) is 3.46. The third-order valence-electron chi connectivity index (χ3n) is 2.42. The molecule has 15 heavy (non-hydrogen) atoms. The Bertz CT molecular complexity index is 402. The van der Waals surface area contributed by atoms with Crippen LogP contribution in [0.3, 0.4) is 0 Å². The van der Waals surface area contributed by atoms with E-state index in [0.29, 0.717) is 11.5 Å². The van der Waals surface area contributed by atoms with Crippen LogP contribution < -0.4 is 0 Å². The molecule has 2 heterocycles. The Morgan fingerprint density at radius 3 is 3.13 bits per heavy atom. The van der Waals surface area contributed by atoms with Gasteiger partial charge in [0.15, 0.2) is 9.84 Å². The van der Waals surface area contributed by atoms with E-state index >= 15 is 0 Å². The van der Waals surface area contributed by atoms with Crippen LogP contribution in [0.5, 0.6) is 0 Å². The number of aromatic amines is 1. The number of nitrogens with zero attached hydrogens (tertiary/aromatic N) is 2. The predicted molar refractivity (Wildman–Crippen MR) is 58.5 cm³/mol. The fourth-order valence-corrected chi connectivity index (χ4v) is 4.56. The van der Waals surface area contributed by atoms with Crippen LogP contribution in [0.25, 0.3) is 0 Å². The number of hydrogen-bond donors (Lipinski definition) is 1. The van der Waals surface area contributed by atoms with Gasteiger partial charge in [-0.05, 0) is 18.8 Å². The second-order valence-electron chi connectivity index (χ2n) is 3.74. The zero-order chi connectivity index (χ0) is 10.7. The summed E-state index contributed by atoms with van der Waals surface area (Å²) in [6, 6.07) is 0. The van der Waals surface area contributed by atoms with Crippen molar-refractivity contribution >= 4 is 21.6 Å². The van der Waals surface area contributed by atoms with Gasteiger partial charge in [-0.3, -0.25) is 0 Å². The Morgan fingerprint density at radius 1 is 1.60 bits per heavy atom. The fraction of sp³-hybridized carbons (Fsp3) is 0.750. The van der Waals surface area contributed by atoms with Gasteiger partial charge in [0, 0.05) is 5.75 Å². The summed E-state index contributed by atoms with van der Waals surface area (Å²) in [5, 5.41) is 11.0. The SMILES string of the molecule is O=S1(=O)CCCC(CSc2cn[nH]n2)C1. The molecular weight excluding hydrogens is 234 g/mol. The highest BCUT2D eigenvalue weighted by molar-refractivity contribution is 7.99. The summed E-state index contributed by atoms with van der Waals surface area (Å²) in [7, 11) is -2.78. The highest BCUT2D eigenvalue weighted by atomic mass is 32.2. The van der Waals surface area contributed by atoms with Crippen LogP contribution in [-0.4, -0.2) is 41.1 Å². The van der Waals surface area contributed by atoms with Crippen molar-refractivity contribution in [2.45, 2.75) is 17.9 Å². The average Bonchev–Trinajstić information content (AvgIpc) is 2.65. The summed E-state index contributed by atoms with van der Waals surface area (Å²) in [4.78, 5) is 0. The highest BCUT2D eigenvalue weighted by Crippen LogP contribution is 2.25. The third-order valence-corrected chi connectivity index (χ3v) is 5.44. The normalized spacial score (nSPS) is 25.2. The van der Waals surface area contributed by atoms with Crippen molar-refractivity contribution in [2.24, 2.45) is 5.92 Å². The van der Waals surface area contributed by atoms with Crippen LogP contribution >= 0.6 is 11.8 Å². The lowest BCUT2D eigenvalue weighted by molar-refractivity contribution is 0.520. The first kappa shape index (κ1) is 10.9. The van der Waals surface area contributed by atoms with E-state index in [1.54, 1.807) is 18.0 Å². The maximum absolute atomic E-state index is 11.4. The molecular formula is C8H13N3O2S2. The molecule has 0 saturated carbocycles. The van der Waals surface area contributed by atoms with Gasteiger partial charge in [0.1, 0.15) is 5.03 Å². The molecule has 0 spiro atoms. The molecule has 0 radical (unpaired) electrons. The third kappa shape index (κ3) is 3.20. The molecule has 7 heteroatoms. The number of aromatic nitrogens is 3. The van der Waals surface area contributed by atoms with Crippen molar-refractivity contribution < 1.29 is 8.42 Å². The van der Waals surface area contributed by atoms with E-state index < -0.39 is 9.84 Å². The summed E-state index contributed by atoms with van der Waals surface area (Å²) < 4.78 is 22.8. The van der Waals surface area contributed by atoms with Crippen LogP contribution in [0.4, 0.5) is 0 Å². The van der Waals surface area contributed by atoms with Gasteiger partial charge >= 0.3 is 0 Å². The molecule has 2 rings (SSSR count). The quantitative estimate of drug-likeness (QED) is 0.797. The maximum atomic E-state index is 11.4. The number of hydrogen-bond acceptors (Lipinski definition) is 5. The molecule has 1 aliphatic rings. The van der Waals surface area contributed by atoms with Gasteiger partial charge in [-0.2, -0.15) is 10.3 Å². The van der Waals surface area contributed by atoms with Crippen molar-refractivity contribution in [1.82, 2.24) is 15.4 Å². The Hall–Kier alpha value is -0.560.